The van der Waals surface area contributed by atoms with Crippen molar-refractivity contribution in [3.05, 3.63) is 34.9 Å². The topological polar surface area (TPSA) is 63.2 Å². The number of alkyl halides is 3. The van der Waals surface area contributed by atoms with Gasteiger partial charge in [-0.15, -0.1) is 0 Å². The van der Waals surface area contributed by atoms with E-state index in [1.165, 1.54) is 13.0 Å². The van der Waals surface area contributed by atoms with Crippen LogP contribution in [0.4, 0.5) is 13.2 Å². The first-order chi connectivity index (χ1) is 8.49. The molecule has 0 aromatic heterocycles. The molecule has 0 aliphatic heterocycles. The Kier molecular flexibility index (Phi) is 4.24. The summed E-state index contributed by atoms with van der Waals surface area (Å²) in [4.78, 5) is 11.3. The summed E-state index contributed by atoms with van der Waals surface area (Å²) in [5.74, 6) is -0.787. The highest BCUT2D eigenvalue weighted by atomic mass is 32.2. The van der Waals surface area contributed by atoms with E-state index >= 15 is 0 Å². The van der Waals surface area contributed by atoms with Gasteiger partial charge in [-0.1, -0.05) is 6.07 Å². The van der Waals surface area contributed by atoms with Gasteiger partial charge in [-0.3, -0.25) is 9.52 Å². The van der Waals surface area contributed by atoms with Gasteiger partial charge >= 0.3 is 6.18 Å². The molecule has 8 heteroatoms. The number of rotatable bonds is 3. The van der Waals surface area contributed by atoms with Gasteiger partial charge in [0, 0.05) is 0 Å². The van der Waals surface area contributed by atoms with Crippen molar-refractivity contribution in [1.29, 1.82) is 0 Å². The summed E-state index contributed by atoms with van der Waals surface area (Å²) in [6.07, 6.45) is -3.92. The minimum atomic E-state index is -4.45. The second kappa shape index (κ2) is 5.20. The average molecular weight is 295 g/mol. The van der Waals surface area contributed by atoms with Crippen LogP contribution in [0.25, 0.3) is 0 Å². The predicted molar refractivity (Wildman–Crippen MR) is 62.9 cm³/mol. The molecular weight excluding hydrogens is 283 g/mol. The summed E-state index contributed by atoms with van der Waals surface area (Å²) in [6, 6.07) is 2.94. The minimum absolute atomic E-state index is 0.276. The molecule has 1 aromatic carbocycles. The fourth-order valence-corrected chi connectivity index (χ4v) is 1.97. The van der Waals surface area contributed by atoms with Crippen LogP contribution >= 0.6 is 0 Å². The van der Waals surface area contributed by atoms with E-state index < -0.39 is 27.7 Å². The Hall–Kier alpha value is -1.57. The van der Waals surface area contributed by atoms with Gasteiger partial charge in [-0.05, 0) is 30.2 Å². The minimum Gasteiger partial charge on any atom is -0.274 e. The van der Waals surface area contributed by atoms with Crippen LogP contribution in [0.1, 0.15) is 16.7 Å². The molecule has 0 heterocycles. The van der Waals surface area contributed by atoms with Crippen LogP contribution in [-0.4, -0.2) is 20.6 Å². The van der Waals surface area contributed by atoms with E-state index in [0.29, 0.717) is 5.56 Å². The van der Waals surface area contributed by atoms with Crippen LogP contribution in [0.3, 0.4) is 0 Å². The largest absolute Gasteiger partial charge is 0.416 e. The van der Waals surface area contributed by atoms with Crippen molar-refractivity contribution in [2.24, 2.45) is 0 Å². The van der Waals surface area contributed by atoms with Gasteiger partial charge < -0.3 is 0 Å². The molecule has 1 aromatic rings. The smallest absolute Gasteiger partial charge is 0.274 e. The molecule has 0 atom stereocenters. The number of aryl methyl sites for hydroxylation is 1. The first kappa shape index (κ1) is 15.5. The van der Waals surface area contributed by atoms with Crippen LogP contribution in [-0.2, 0) is 27.4 Å². The van der Waals surface area contributed by atoms with E-state index in [9.17, 15) is 26.4 Å². The number of sulfonamides is 1. The van der Waals surface area contributed by atoms with Gasteiger partial charge in [-0.25, -0.2) is 8.42 Å². The second-order valence-corrected chi connectivity index (χ2v) is 5.86. The van der Waals surface area contributed by atoms with Gasteiger partial charge in [-0.2, -0.15) is 13.2 Å². The molecule has 0 unspecified atom stereocenters. The zero-order chi connectivity index (χ0) is 14.8. The molecule has 0 spiro atoms. The highest BCUT2D eigenvalue weighted by Gasteiger charge is 2.30. The van der Waals surface area contributed by atoms with Crippen LogP contribution < -0.4 is 4.72 Å². The highest BCUT2D eigenvalue weighted by Crippen LogP contribution is 2.30. The summed E-state index contributed by atoms with van der Waals surface area (Å²) >= 11 is 0. The maximum absolute atomic E-state index is 12.4. The molecule has 1 N–H and O–H groups in total. The standard InChI is InChI=1S/C11H12F3NO3S/c1-7-5-9(11(12,13)14)4-3-8(7)6-10(16)15-19(2,17)18/h3-5H,6H2,1-2H3,(H,15,16). The molecular formula is C11H12F3NO3S. The Morgan fingerprint density at radius 3 is 2.32 bits per heavy atom. The van der Waals surface area contributed by atoms with Crippen LogP contribution in [0.5, 0.6) is 0 Å². The van der Waals surface area contributed by atoms with E-state index in [4.69, 9.17) is 0 Å². The quantitative estimate of drug-likeness (QED) is 0.922. The molecule has 0 aliphatic carbocycles. The summed E-state index contributed by atoms with van der Waals surface area (Å²) in [5, 5.41) is 0. The Balaban J connectivity index is 2.90. The number of halogens is 3. The van der Waals surface area contributed by atoms with Gasteiger partial charge in [0.05, 0.1) is 18.2 Å². The first-order valence-corrected chi connectivity index (χ1v) is 7.05. The fraction of sp³-hybridized carbons (Fsp3) is 0.364. The number of amides is 1. The predicted octanol–water partition coefficient (Wildman–Crippen LogP) is 1.63. The molecule has 0 fully saturated rings. The lowest BCUT2D eigenvalue weighted by atomic mass is 10.0. The van der Waals surface area contributed by atoms with Crippen LogP contribution in [0.2, 0.25) is 0 Å². The van der Waals surface area contributed by atoms with E-state index in [1.54, 1.807) is 4.72 Å². The van der Waals surface area contributed by atoms with Crippen molar-refractivity contribution in [2.75, 3.05) is 6.26 Å². The lowest BCUT2D eigenvalue weighted by molar-refractivity contribution is -0.137. The van der Waals surface area contributed by atoms with E-state index in [0.717, 1.165) is 18.4 Å². The molecule has 0 saturated heterocycles. The number of carbonyl (C=O) groups excluding carboxylic acids is 1. The summed E-state index contributed by atoms with van der Waals surface area (Å²) in [6.45, 7) is 1.43. The summed E-state index contributed by atoms with van der Waals surface area (Å²) < 4.78 is 60.7. The van der Waals surface area contributed by atoms with Gasteiger partial charge in [0.2, 0.25) is 15.9 Å². The molecule has 1 amide bonds. The van der Waals surface area contributed by atoms with Crippen molar-refractivity contribution in [3.8, 4) is 0 Å². The molecule has 19 heavy (non-hydrogen) atoms. The van der Waals surface area contributed by atoms with E-state index in [1.807, 2.05) is 0 Å². The Labute approximate surface area is 108 Å². The fourth-order valence-electron chi connectivity index (χ4n) is 1.49. The SMILES string of the molecule is Cc1cc(C(F)(F)F)ccc1CC(=O)NS(C)(=O)=O. The van der Waals surface area contributed by atoms with Gasteiger partial charge in [0.1, 0.15) is 0 Å². The summed E-state index contributed by atoms with van der Waals surface area (Å²) in [7, 11) is -3.67. The Bertz CT molecular complexity index is 594. The van der Waals surface area contributed by atoms with Crippen molar-refractivity contribution >= 4 is 15.9 Å². The monoisotopic (exact) mass is 295 g/mol. The van der Waals surface area contributed by atoms with Gasteiger partial charge in [0.25, 0.3) is 0 Å². The van der Waals surface area contributed by atoms with Crippen molar-refractivity contribution < 1.29 is 26.4 Å². The number of carbonyl (C=O) groups is 1. The molecule has 0 saturated carbocycles. The van der Waals surface area contributed by atoms with Gasteiger partial charge in [0.15, 0.2) is 0 Å². The number of hydrogen-bond donors (Lipinski definition) is 1. The lowest BCUT2D eigenvalue weighted by Crippen LogP contribution is -2.30. The zero-order valence-corrected chi connectivity index (χ0v) is 11.0. The first-order valence-electron chi connectivity index (χ1n) is 5.16. The third-order valence-corrected chi connectivity index (χ3v) is 2.92. The normalized spacial score (nSPS) is 12.3. The van der Waals surface area contributed by atoms with Crippen molar-refractivity contribution in [3.63, 3.8) is 0 Å². The summed E-state index contributed by atoms with van der Waals surface area (Å²) in [5.41, 5.74) is -0.190. The molecule has 0 bridgehead atoms. The van der Waals surface area contributed by atoms with Crippen molar-refractivity contribution in [2.45, 2.75) is 19.5 Å². The number of nitrogens with one attached hydrogen (secondary N) is 1. The maximum Gasteiger partial charge on any atom is 0.416 e. The highest BCUT2D eigenvalue weighted by molar-refractivity contribution is 7.89. The number of hydrogen-bond acceptors (Lipinski definition) is 3. The van der Waals surface area contributed by atoms with Crippen molar-refractivity contribution in [1.82, 2.24) is 4.72 Å². The molecule has 106 valence electrons. The van der Waals surface area contributed by atoms with Crippen LogP contribution in [0, 0.1) is 6.92 Å². The molecule has 1 rings (SSSR count). The van der Waals surface area contributed by atoms with E-state index in [-0.39, 0.29) is 12.0 Å². The second-order valence-electron chi connectivity index (χ2n) is 4.11. The zero-order valence-electron chi connectivity index (χ0n) is 10.2. The maximum atomic E-state index is 12.4. The van der Waals surface area contributed by atoms with Crippen LogP contribution in [0.15, 0.2) is 18.2 Å². The molecule has 0 radical (unpaired) electrons. The Morgan fingerprint density at radius 1 is 1.32 bits per heavy atom. The third-order valence-electron chi connectivity index (χ3n) is 2.32. The van der Waals surface area contributed by atoms with E-state index in [2.05, 4.69) is 0 Å². The Morgan fingerprint density at radius 2 is 1.89 bits per heavy atom. The molecule has 0 aliphatic rings. The molecule has 4 nitrogen and oxygen atoms in total. The lowest BCUT2D eigenvalue weighted by Gasteiger charge is -2.10. The third kappa shape index (κ3) is 4.90. The number of benzene rings is 1. The average Bonchev–Trinajstić information content (AvgIpc) is 2.16.